The molecule has 2 aromatic rings. The highest BCUT2D eigenvalue weighted by molar-refractivity contribution is 7.15. The Hall–Kier alpha value is -1.33. The monoisotopic (exact) mass is 310 g/mol. The molecule has 0 radical (unpaired) electrons. The lowest BCUT2D eigenvalue weighted by Crippen LogP contribution is -2.04. The molecular weight excluding hydrogens is 292 g/mol. The zero-order valence-corrected chi connectivity index (χ0v) is 13.3. The molecule has 108 valence electrons. The second-order valence-corrected chi connectivity index (χ2v) is 5.96. The Kier molecular flexibility index (Phi) is 5.61. The maximum atomic E-state index is 6.21. The van der Waals surface area contributed by atoms with E-state index in [9.17, 15) is 0 Å². The van der Waals surface area contributed by atoms with Crippen LogP contribution in [0.25, 0.3) is 0 Å². The maximum Gasteiger partial charge on any atom is 0.182 e. The molecule has 0 aromatic carbocycles. The minimum atomic E-state index is 0.727. The van der Waals surface area contributed by atoms with E-state index in [1.165, 1.54) is 4.88 Å². The smallest absolute Gasteiger partial charge is 0.182 e. The van der Waals surface area contributed by atoms with Crippen LogP contribution >= 0.6 is 22.9 Å². The van der Waals surface area contributed by atoms with E-state index in [4.69, 9.17) is 11.6 Å². The second-order valence-electron chi connectivity index (χ2n) is 4.43. The van der Waals surface area contributed by atoms with E-state index in [0.717, 1.165) is 47.5 Å². The summed E-state index contributed by atoms with van der Waals surface area (Å²) in [4.78, 5) is 10.1. The van der Waals surface area contributed by atoms with Gasteiger partial charge in [0, 0.05) is 24.7 Å². The first-order valence-corrected chi connectivity index (χ1v) is 7.94. The van der Waals surface area contributed by atoms with Gasteiger partial charge < -0.3 is 10.6 Å². The van der Waals surface area contributed by atoms with E-state index in [2.05, 4.69) is 27.5 Å². The Morgan fingerprint density at radius 1 is 1.30 bits per heavy atom. The van der Waals surface area contributed by atoms with Gasteiger partial charge >= 0.3 is 0 Å². The number of pyridine rings is 1. The molecule has 0 bridgehead atoms. The van der Waals surface area contributed by atoms with Crippen molar-refractivity contribution in [2.45, 2.75) is 26.2 Å². The van der Waals surface area contributed by atoms with Gasteiger partial charge in [-0.25, -0.2) is 9.97 Å². The van der Waals surface area contributed by atoms with Gasteiger partial charge in [0.25, 0.3) is 0 Å². The molecule has 0 spiro atoms. The largest absolute Gasteiger partial charge is 0.370 e. The number of hydrogen-bond acceptors (Lipinski definition) is 5. The molecule has 0 saturated carbocycles. The van der Waals surface area contributed by atoms with E-state index < -0.39 is 0 Å². The predicted molar refractivity (Wildman–Crippen MR) is 87.1 cm³/mol. The number of aryl methyl sites for hydroxylation is 2. The summed E-state index contributed by atoms with van der Waals surface area (Å²) >= 11 is 7.88. The van der Waals surface area contributed by atoms with E-state index in [-0.39, 0.29) is 0 Å². The van der Waals surface area contributed by atoms with Crippen molar-refractivity contribution in [3.8, 4) is 0 Å². The first kappa shape index (κ1) is 15.1. The van der Waals surface area contributed by atoms with E-state index in [1.807, 2.05) is 25.4 Å². The van der Waals surface area contributed by atoms with Gasteiger partial charge in [-0.05, 0) is 31.4 Å². The third-order valence-corrected chi connectivity index (χ3v) is 4.27. The van der Waals surface area contributed by atoms with Crippen LogP contribution in [0.5, 0.6) is 0 Å². The van der Waals surface area contributed by atoms with Gasteiger partial charge in [-0.15, -0.1) is 11.3 Å². The van der Waals surface area contributed by atoms with Crippen LogP contribution in [0.15, 0.2) is 18.3 Å². The van der Waals surface area contributed by atoms with Crippen molar-refractivity contribution in [2.24, 2.45) is 0 Å². The first-order chi connectivity index (χ1) is 9.72. The molecule has 6 heteroatoms. The summed E-state index contributed by atoms with van der Waals surface area (Å²) in [6.07, 6.45) is 4.71. The van der Waals surface area contributed by atoms with Crippen molar-refractivity contribution in [2.75, 3.05) is 24.2 Å². The second kappa shape index (κ2) is 7.45. The Labute approximate surface area is 128 Å². The van der Waals surface area contributed by atoms with Crippen LogP contribution in [0, 0.1) is 0 Å². The highest BCUT2D eigenvalue weighted by Gasteiger charge is 2.06. The minimum Gasteiger partial charge on any atom is -0.370 e. The summed E-state index contributed by atoms with van der Waals surface area (Å²) < 4.78 is 0. The van der Waals surface area contributed by atoms with Crippen molar-refractivity contribution in [3.63, 3.8) is 0 Å². The SMILES string of the molecule is CCCNc1ccc(Cl)c(CCc2cnc(NC)s2)n1. The van der Waals surface area contributed by atoms with Crippen molar-refractivity contribution >= 4 is 33.9 Å². The summed E-state index contributed by atoms with van der Waals surface area (Å²) in [5.41, 5.74) is 0.937. The Morgan fingerprint density at radius 2 is 2.15 bits per heavy atom. The molecule has 0 unspecified atom stereocenters. The summed E-state index contributed by atoms with van der Waals surface area (Å²) in [7, 11) is 1.88. The van der Waals surface area contributed by atoms with Crippen LogP contribution in [0.2, 0.25) is 5.02 Å². The van der Waals surface area contributed by atoms with Crippen LogP contribution in [0.1, 0.15) is 23.9 Å². The lowest BCUT2D eigenvalue weighted by atomic mass is 10.2. The van der Waals surface area contributed by atoms with Crippen molar-refractivity contribution < 1.29 is 0 Å². The molecule has 0 aliphatic heterocycles. The average Bonchev–Trinajstić information content (AvgIpc) is 2.93. The molecule has 2 heterocycles. The normalized spacial score (nSPS) is 10.6. The van der Waals surface area contributed by atoms with Crippen molar-refractivity contribution in [1.29, 1.82) is 0 Å². The molecule has 2 N–H and O–H groups in total. The fourth-order valence-corrected chi connectivity index (χ4v) is 2.76. The molecule has 0 atom stereocenters. The molecule has 0 saturated heterocycles. The molecule has 0 aliphatic carbocycles. The Bertz CT molecular complexity index is 556. The van der Waals surface area contributed by atoms with Gasteiger partial charge in [-0.2, -0.15) is 0 Å². The van der Waals surface area contributed by atoms with Crippen molar-refractivity contribution in [3.05, 3.63) is 33.9 Å². The lowest BCUT2D eigenvalue weighted by molar-refractivity contribution is 0.914. The summed E-state index contributed by atoms with van der Waals surface area (Å²) in [6, 6.07) is 3.83. The molecule has 2 aromatic heterocycles. The highest BCUT2D eigenvalue weighted by Crippen LogP contribution is 2.22. The predicted octanol–water partition coefficient (Wildman–Crippen LogP) is 3.84. The van der Waals surface area contributed by atoms with Crippen LogP contribution in [-0.2, 0) is 12.8 Å². The number of nitrogens with one attached hydrogen (secondary N) is 2. The Morgan fingerprint density at radius 3 is 2.85 bits per heavy atom. The molecule has 4 nitrogen and oxygen atoms in total. The third kappa shape index (κ3) is 4.08. The quantitative estimate of drug-likeness (QED) is 0.816. The van der Waals surface area contributed by atoms with Crippen LogP contribution in [0.3, 0.4) is 0 Å². The molecule has 0 fully saturated rings. The molecule has 20 heavy (non-hydrogen) atoms. The Balaban J connectivity index is 2.00. The summed E-state index contributed by atoms with van der Waals surface area (Å²) in [5.74, 6) is 0.895. The molecule has 2 rings (SSSR count). The fraction of sp³-hybridized carbons (Fsp3) is 0.429. The summed E-state index contributed by atoms with van der Waals surface area (Å²) in [6.45, 7) is 3.06. The number of hydrogen-bond donors (Lipinski definition) is 2. The van der Waals surface area contributed by atoms with E-state index in [1.54, 1.807) is 11.3 Å². The van der Waals surface area contributed by atoms with Crippen LogP contribution in [0.4, 0.5) is 10.9 Å². The van der Waals surface area contributed by atoms with E-state index >= 15 is 0 Å². The van der Waals surface area contributed by atoms with Crippen molar-refractivity contribution in [1.82, 2.24) is 9.97 Å². The average molecular weight is 311 g/mol. The fourth-order valence-electron chi connectivity index (χ4n) is 1.79. The van der Waals surface area contributed by atoms with Gasteiger partial charge in [0.1, 0.15) is 5.82 Å². The minimum absolute atomic E-state index is 0.727. The van der Waals surface area contributed by atoms with Gasteiger partial charge in [0.05, 0.1) is 10.7 Å². The lowest BCUT2D eigenvalue weighted by Gasteiger charge is -2.07. The van der Waals surface area contributed by atoms with Crippen LogP contribution in [-0.4, -0.2) is 23.6 Å². The topological polar surface area (TPSA) is 49.8 Å². The molecule has 0 aliphatic rings. The van der Waals surface area contributed by atoms with Gasteiger partial charge in [0.15, 0.2) is 5.13 Å². The highest BCUT2D eigenvalue weighted by atomic mass is 35.5. The number of rotatable bonds is 7. The number of nitrogens with zero attached hydrogens (tertiary/aromatic N) is 2. The zero-order valence-electron chi connectivity index (χ0n) is 11.7. The zero-order chi connectivity index (χ0) is 14.4. The number of anilines is 2. The van der Waals surface area contributed by atoms with Gasteiger partial charge in [0.2, 0.25) is 0 Å². The molecular formula is C14H19ClN4S. The van der Waals surface area contributed by atoms with Gasteiger partial charge in [-0.3, -0.25) is 0 Å². The number of halogens is 1. The van der Waals surface area contributed by atoms with Crippen LogP contribution < -0.4 is 10.6 Å². The van der Waals surface area contributed by atoms with Gasteiger partial charge in [-0.1, -0.05) is 18.5 Å². The van der Waals surface area contributed by atoms with E-state index in [0.29, 0.717) is 0 Å². The number of aromatic nitrogens is 2. The first-order valence-electron chi connectivity index (χ1n) is 6.74. The maximum absolute atomic E-state index is 6.21. The molecule has 0 amide bonds. The number of thiazole rings is 1. The summed E-state index contributed by atoms with van der Waals surface area (Å²) in [5, 5.41) is 8.00. The standard InChI is InChI=1S/C14H19ClN4S/c1-3-8-17-13-7-5-11(15)12(19-13)6-4-10-9-18-14(16-2)20-10/h5,7,9H,3-4,6,8H2,1-2H3,(H,16,18)(H,17,19). The third-order valence-electron chi connectivity index (χ3n) is 2.85.